The van der Waals surface area contributed by atoms with Gasteiger partial charge in [0, 0.05) is 47.3 Å². The zero-order chi connectivity index (χ0) is 41.9. The van der Waals surface area contributed by atoms with Gasteiger partial charge in [-0.3, -0.25) is 19.2 Å². The van der Waals surface area contributed by atoms with E-state index in [-0.39, 0.29) is 33.8 Å². The molecule has 0 spiro atoms. The monoisotopic (exact) mass is 784 g/mol. The van der Waals surface area contributed by atoms with Gasteiger partial charge in [-0.15, -0.1) is 0 Å². The van der Waals surface area contributed by atoms with E-state index in [1.54, 1.807) is 72.8 Å². The second-order valence-electron chi connectivity index (χ2n) is 16.1. The van der Waals surface area contributed by atoms with Gasteiger partial charge in [-0.05, 0) is 64.8 Å². The summed E-state index contributed by atoms with van der Waals surface area (Å²) in [6, 6.07) is 17.0. The third-order valence-corrected chi connectivity index (χ3v) is 10.6. The van der Waals surface area contributed by atoms with Crippen molar-refractivity contribution in [2.45, 2.75) is 76.8 Å². The molecule has 12 heteroatoms. The first-order chi connectivity index (χ1) is 27.2. The Balaban J connectivity index is 0.000000177. The first-order valence-electron chi connectivity index (χ1n) is 18.5. The molecule has 0 aromatic heterocycles. The molecule has 2 atom stereocenters. The summed E-state index contributed by atoms with van der Waals surface area (Å²) in [5.74, 6) is -4.57. The summed E-state index contributed by atoms with van der Waals surface area (Å²) in [6.45, 7) is 10.5. The van der Waals surface area contributed by atoms with Gasteiger partial charge in [-0.2, -0.15) is 0 Å². The van der Waals surface area contributed by atoms with Crippen molar-refractivity contribution in [3.8, 4) is 0 Å². The number of aliphatic hydroxyl groups excluding tert-OH is 2. The minimum atomic E-state index is -1.58. The van der Waals surface area contributed by atoms with Crippen LogP contribution in [0.5, 0.6) is 0 Å². The molecule has 0 bridgehead atoms. The van der Waals surface area contributed by atoms with Crippen LogP contribution in [0.15, 0.2) is 142 Å². The van der Waals surface area contributed by atoms with Crippen LogP contribution >= 0.6 is 0 Å². The molecule has 4 heterocycles. The van der Waals surface area contributed by atoms with E-state index in [1.807, 2.05) is 27.7 Å². The Kier molecular flexibility index (Phi) is 9.50. The number of fused-ring (bicyclic) bond motifs is 4. The number of esters is 2. The number of hydrogen-bond acceptors (Lipinski definition) is 12. The van der Waals surface area contributed by atoms with Crippen LogP contribution in [0.25, 0.3) is 11.5 Å². The van der Waals surface area contributed by atoms with Crippen molar-refractivity contribution in [1.82, 2.24) is 0 Å². The van der Waals surface area contributed by atoms with Crippen LogP contribution in [0, 0.1) is 0 Å². The number of allylic oxidation sites excluding steroid dienone is 2. The molecular weight excluding hydrogens is 744 g/mol. The van der Waals surface area contributed by atoms with Gasteiger partial charge < -0.3 is 29.2 Å². The maximum atomic E-state index is 13.1. The van der Waals surface area contributed by atoms with Crippen molar-refractivity contribution in [3.05, 3.63) is 153 Å². The van der Waals surface area contributed by atoms with Crippen LogP contribution in [0.3, 0.4) is 0 Å². The lowest BCUT2D eigenvalue weighted by atomic mass is 9.74. The Labute approximate surface area is 333 Å². The zero-order valence-electron chi connectivity index (χ0n) is 32.6. The maximum Gasteiger partial charge on any atom is 0.343 e. The van der Waals surface area contributed by atoms with Crippen LogP contribution in [-0.4, -0.2) is 67.7 Å². The van der Waals surface area contributed by atoms with Crippen LogP contribution in [0.1, 0.15) is 65.5 Å². The number of ketones is 4. The van der Waals surface area contributed by atoms with Gasteiger partial charge in [0.05, 0.1) is 23.7 Å². The highest BCUT2D eigenvalue weighted by molar-refractivity contribution is 6.29. The Hall–Kier alpha value is -6.82. The quantitative estimate of drug-likeness (QED) is 0.137. The fourth-order valence-corrected chi connectivity index (χ4v) is 7.58. The molecule has 296 valence electrons. The van der Waals surface area contributed by atoms with Gasteiger partial charge in [0.1, 0.15) is 33.9 Å². The van der Waals surface area contributed by atoms with E-state index in [2.05, 4.69) is 0 Å². The summed E-state index contributed by atoms with van der Waals surface area (Å²) >= 11 is 0. The minimum Gasteiger partial charge on any atom is -0.507 e. The molecule has 0 saturated carbocycles. The predicted molar refractivity (Wildman–Crippen MR) is 209 cm³/mol. The van der Waals surface area contributed by atoms with Crippen molar-refractivity contribution in [2.75, 3.05) is 0 Å². The van der Waals surface area contributed by atoms with Crippen LogP contribution in [-0.2, 0) is 47.7 Å². The average molecular weight is 785 g/mol. The fourth-order valence-electron chi connectivity index (χ4n) is 7.58. The highest BCUT2D eigenvalue weighted by atomic mass is 16.6. The summed E-state index contributed by atoms with van der Waals surface area (Å²) < 4.78 is 21.9. The fraction of sp³-hybridized carbons (Fsp3) is 0.261. The van der Waals surface area contributed by atoms with E-state index < -0.39 is 57.5 Å². The Morgan fingerprint density at radius 1 is 0.569 bits per heavy atom. The van der Waals surface area contributed by atoms with E-state index in [1.165, 1.54) is 26.4 Å². The van der Waals surface area contributed by atoms with E-state index in [9.17, 15) is 39.0 Å². The van der Waals surface area contributed by atoms with Crippen molar-refractivity contribution in [1.29, 1.82) is 0 Å². The molecule has 2 N–H and O–H groups in total. The molecule has 0 radical (unpaired) electrons. The molecule has 2 aliphatic carbocycles. The predicted octanol–water partition coefficient (Wildman–Crippen LogP) is 6.72. The third-order valence-electron chi connectivity index (χ3n) is 10.6. The number of carbonyl (C=O) groups excluding carboxylic acids is 6. The van der Waals surface area contributed by atoms with Gasteiger partial charge in [0.2, 0.25) is 11.6 Å². The lowest BCUT2D eigenvalue weighted by Gasteiger charge is -2.37. The van der Waals surface area contributed by atoms with Gasteiger partial charge in [-0.1, -0.05) is 60.7 Å². The summed E-state index contributed by atoms with van der Waals surface area (Å²) in [6.07, 6.45) is 8.99. The standard InChI is InChI=1S/2C23H20O6/c2*1-22(2)11-14-9-16-19(18(25)10-17(24)13-7-5-4-6-8-13)21(27)29-23(16,3)20(26)15(14)12-28-22/h2*4-10,12,24H,11H2,1-3H3/b17-10-;. The first kappa shape index (κ1) is 39.4. The molecule has 12 nitrogen and oxygen atoms in total. The largest absolute Gasteiger partial charge is 0.507 e. The molecular formula is C46H40O12. The Bertz CT molecular complexity index is 2310. The molecule has 4 aliphatic heterocycles. The van der Waals surface area contributed by atoms with Gasteiger partial charge >= 0.3 is 11.9 Å². The van der Waals surface area contributed by atoms with Crippen molar-refractivity contribution < 1.29 is 57.9 Å². The van der Waals surface area contributed by atoms with E-state index in [4.69, 9.17) is 18.9 Å². The Morgan fingerprint density at radius 2 is 0.914 bits per heavy atom. The van der Waals surface area contributed by atoms with Gasteiger partial charge in [-0.25, -0.2) is 9.59 Å². The zero-order valence-corrected chi connectivity index (χ0v) is 32.6. The molecule has 0 saturated heterocycles. The molecule has 2 unspecified atom stereocenters. The lowest BCUT2D eigenvalue weighted by molar-refractivity contribution is -0.153. The molecule has 6 aliphatic rings. The number of aliphatic hydroxyl groups is 2. The van der Waals surface area contributed by atoms with Crippen LogP contribution in [0.4, 0.5) is 0 Å². The number of benzene rings is 2. The highest BCUT2D eigenvalue weighted by Crippen LogP contribution is 2.47. The van der Waals surface area contributed by atoms with Gasteiger partial charge in [0.25, 0.3) is 0 Å². The average Bonchev–Trinajstić information content (AvgIpc) is 3.59. The maximum absolute atomic E-state index is 13.1. The molecule has 2 aromatic carbocycles. The van der Waals surface area contributed by atoms with E-state index >= 15 is 0 Å². The molecule has 58 heavy (non-hydrogen) atoms. The van der Waals surface area contributed by atoms with E-state index in [0.29, 0.717) is 46.3 Å². The number of rotatable bonds is 6. The molecule has 2 aromatic rings. The molecule has 0 amide bonds. The number of ether oxygens (including phenoxy) is 4. The number of carbonyl (C=O) groups is 6. The lowest BCUT2D eigenvalue weighted by Crippen LogP contribution is -2.43. The van der Waals surface area contributed by atoms with Crippen molar-refractivity contribution >= 4 is 46.6 Å². The second kappa shape index (κ2) is 14.0. The number of hydrogen-bond donors (Lipinski definition) is 2. The second-order valence-corrected chi connectivity index (χ2v) is 16.1. The van der Waals surface area contributed by atoms with Gasteiger partial charge in [0.15, 0.2) is 22.8 Å². The summed E-state index contributed by atoms with van der Waals surface area (Å²) in [5, 5.41) is 20.5. The Morgan fingerprint density at radius 3 is 1.26 bits per heavy atom. The minimum absolute atomic E-state index is 0.222. The molecule has 0 fully saturated rings. The summed E-state index contributed by atoms with van der Waals surface area (Å²) in [7, 11) is 0. The van der Waals surface area contributed by atoms with Crippen molar-refractivity contribution in [2.24, 2.45) is 0 Å². The third kappa shape index (κ3) is 6.84. The highest BCUT2D eigenvalue weighted by Gasteiger charge is 2.56. The number of Topliss-reactive ketones (excluding diaryl/α,β-unsaturated/α-hetero) is 2. The molecule has 8 rings (SSSR count). The topological polar surface area (TPSA) is 180 Å². The smallest absolute Gasteiger partial charge is 0.343 e. The normalized spacial score (nSPS) is 25.4. The first-order valence-corrected chi connectivity index (χ1v) is 18.5. The van der Waals surface area contributed by atoms with Crippen molar-refractivity contribution in [3.63, 3.8) is 0 Å². The van der Waals surface area contributed by atoms with E-state index in [0.717, 1.165) is 12.2 Å². The van der Waals surface area contributed by atoms with Crippen LogP contribution < -0.4 is 0 Å². The summed E-state index contributed by atoms with van der Waals surface area (Å²) in [4.78, 5) is 76.9. The SMILES string of the molecule is CC1(C)CC2=CC3=C(C(=O)/C=C(\O)c4ccccc4)C(=O)OC3(C)C(=O)C2=CO1.CC1(C)CC2=CC3=C(C(=O)C=C(O)c4ccccc4)C(=O)OC3(C)C(=O)C2=CO1. The summed E-state index contributed by atoms with van der Waals surface area (Å²) in [5.41, 5.74) is -1.26. The van der Waals surface area contributed by atoms with Crippen LogP contribution in [0.2, 0.25) is 0 Å².